The van der Waals surface area contributed by atoms with Gasteiger partial charge in [0.15, 0.2) is 5.13 Å². The van der Waals surface area contributed by atoms with Crippen LogP contribution in [0.15, 0.2) is 47.4 Å². The van der Waals surface area contributed by atoms with Crippen molar-refractivity contribution in [3.63, 3.8) is 0 Å². The van der Waals surface area contributed by atoms with Crippen molar-refractivity contribution in [1.29, 1.82) is 0 Å². The number of nitrogens with one attached hydrogen (secondary N) is 1. The van der Waals surface area contributed by atoms with Gasteiger partial charge in [0.1, 0.15) is 11.3 Å². The highest BCUT2D eigenvalue weighted by atomic mass is 32.2. The molecule has 2 aromatic carbocycles. The lowest BCUT2D eigenvalue weighted by molar-refractivity contribution is 0.102. The summed E-state index contributed by atoms with van der Waals surface area (Å²) in [6, 6.07) is 13.4. The number of hydrogen-bond donors (Lipinski definition) is 1. The molecule has 0 aliphatic heterocycles. The fraction of sp³-hybridized carbons (Fsp3) is 0.222. The van der Waals surface area contributed by atoms with Crippen molar-refractivity contribution in [2.75, 3.05) is 12.4 Å². The van der Waals surface area contributed by atoms with E-state index in [-0.39, 0.29) is 5.91 Å². The van der Waals surface area contributed by atoms with E-state index >= 15 is 0 Å². The number of aromatic nitrogens is 1. The van der Waals surface area contributed by atoms with Crippen LogP contribution in [0.2, 0.25) is 0 Å². The summed E-state index contributed by atoms with van der Waals surface area (Å²) >= 11 is 3.12. The zero-order chi connectivity index (χ0) is 17.1. The van der Waals surface area contributed by atoms with Gasteiger partial charge in [-0.15, -0.1) is 11.8 Å². The fourth-order valence-corrected chi connectivity index (χ4v) is 4.15. The van der Waals surface area contributed by atoms with Crippen LogP contribution in [0.3, 0.4) is 0 Å². The number of hydrogen-bond acceptors (Lipinski definition) is 5. The lowest BCUT2D eigenvalue weighted by Crippen LogP contribution is -2.13. The Bertz CT molecular complexity index is 874. The van der Waals surface area contributed by atoms with Crippen molar-refractivity contribution in [2.45, 2.75) is 24.0 Å². The summed E-state index contributed by atoms with van der Waals surface area (Å²) in [5.74, 6) is 0.566. The Morgan fingerprint density at radius 2 is 2.00 bits per heavy atom. The van der Waals surface area contributed by atoms with E-state index in [9.17, 15) is 4.79 Å². The molecule has 0 radical (unpaired) electrons. The molecule has 0 aliphatic rings. The van der Waals surface area contributed by atoms with Crippen molar-refractivity contribution >= 4 is 44.4 Å². The number of amides is 1. The first-order chi connectivity index (χ1) is 11.6. The molecule has 24 heavy (non-hydrogen) atoms. The molecule has 0 fully saturated rings. The van der Waals surface area contributed by atoms with E-state index in [4.69, 9.17) is 4.74 Å². The molecule has 4 nitrogen and oxygen atoms in total. The monoisotopic (exact) mass is 358 g/mol. The molecule has 3 rings (SSSR count). The van der Waals surface area contributed by atoms with E-state index in [0.29, 0.717) is 21.7 Å². The molecule has 3 aromatic rings. The number of rotatable bonds is 5. The Labute approximate surface area is 149 Å². The maximum Gasteiger partial charge on any atom is 0.258 e. The number of anilines is 1. The zero-order valence-electron chi connectivity index (χ0n) is 13.7. The van der Waals surface area contributed by atoms with Crippen molar-refractivity contribution in [1.82, 2.24) is 4.98 Å². The number of fused-ring (bicyclic) bond motifs is 1. The smallest absolute Gasteiger partial charge is 0.258 e. The van der Waals surface area contributed by atoms with Gasteiger partial charge >= 0.3 is 0 Å². The quantitative estimate of drug-likeness (QED) is 0.648. The molecule has 0 spiro atoms. The Kier molecular flexibility index (Phi) is 5.06. The number of carbonyl (C=O) groups is 1. The van der Waals surface area contributed by atoms with Crippen LogP contribution < -0.4 is 10.1 Å². The summed E-state index contributed by atoms with van der Waals surface area (Å²) in [4.78, 5) is 18.1. The highest BCUT2D eigenvalue weighted by Crippen LogP contribution is 2.33. The number of carbonyl (C=O) groups excluding carboxylic acids is 1. The van der Waals surface area contributed by atoms with E-state index in [1.54, 1.807) is 18.9 Å². The third-order valence-corrected chi connectivity index (χ3v) is 5.33. The average Bonchev–Trinajstić information content (AvgIpc) is 2.96. The van der Waals surface area contributed by atoms with Gasteiger partial charge in [0.2, 0.25) is 0 Å². The molecule has 1 heterocycles. The number of thioether (sulfide) groups is 1. The topological polar surface area (TPSA) is 51.2 Å². The predicted molar refractivity (Wildman–Crippen MR) is 102 cm³/mol. The van der Waals surface area contributed by atoms with Gasteiger partial charge in [-0.25, -0.2) is 4.98 Å². The third kappa shape index (κ3) is 3.55. The molecular weight excluding hydrogens is 340 g/mol. The highest BCUT2D eigenvalue weighted by Gasteiger charge is 2.15. The number of benzene rings is 2. The summed E-state index contributed by atoms with van der Waals surface area (Å²) in [5, 5.41) is 3.89. The third-order valence-electron chi connectivity index (χ3n) is 3.32. The molecule has 1 N–H and O–H groups in total. The van der Waals surface area contributed by atoms with Gasteiger partial charge in [0.25, 0.3) is 5.91 Å². The Hall–Kier alpha value is -2.05. The predicted octanol–water partition coefficient (Wildman–Crippen LogP) is 5.06. The number of thiazole rings is 1. The molecule has 0 saturated heterocycles. The average molecular weight is 358 g/mol. The van der Waals surface area contributed by atoms with Crippen molar-refractivity contribution in [3.05, 3.63) is 48.0 Å². The Morgan fingerprint density at radius 1 is 1.21 bits per heavy atom. The fourth-order valence-electron chi connectivity index (χ4n) is 2.32. The molecular formula is C18H18N2O2S2. The van der Waals surface area contributed by atoms with Gasteiger partial charge in [-0.3, -0.25) is 10.1 Å². The summed E-state index contributed by atoms with van der Waals surface area (Å²) in [7, 11) is 1.62. The molecule has 0 bridgehead atoms. The second-order valence-electron chi connectivity index (χ2n) is 5.44. The van der Waals surface area contributed by atoms with E-state index in [0.717, 1.165) is 15.1 Å². The minimum atomic E-state index is -0.142. The minimum Gasteiger partial charge on any atom is -0.494 e. The summed E-state index contributed by atoms with van der Waals surface area (Å²) in [5.41, 5.74) is 1.44. The zero-order valence-corrected chi connectivity index (χ0v) is 15.3. The van der Waals surface area contributed by atoms with Gasteiger partial charge in [0.05, 0.1) is 17.4 Å². The van der Waals surface area contributed by atoms with Gasteiger partial charge in [-0.05, 0) is 24.3 Å². The van der Waals surface area contributed by atoms with Crippen LogP contribution in [-0.4, -0.2) is 23.3 Å². The minimum absolute atomic E-state index is 0.142. The van der Waals surface area contributed by atoms with Crippen LogP contribution in [0.1, 0.15) is 24.2 Å². The van der Waals surface area contributed by atoms with E-state index in [1.807, 2.05) is 42.5 Å². The number of ether oxygens (including phenoxy) is 1. The molecule has 1 aromatic heterocycles. The summed E-state index contributed by atoms with van der Waals surface area (Å²) in [6.45, 7) is 4.22. The molecule has 0 saturated carbocycles. The van der Waals surface area contributed by atoms with Crippen LogP contribution in [0.25, 0.3) is 10.2 Å². The van der Waals surface area contributed by atoms with Gasteiger partial charge in [0, 0.05) is 10.1 Å². The first-order valence-corrected chi connectivity index (χ1v) is 9.28. The number of nitrogens with zero attached hydrogens (tertiary/aromatic N) is 1. The van der Waals surface area contributed by atoms with Crippen LogP contribution in [-0.2, 0) is 0 Å². The van der Waals surface area contributed by atoms with Crippen LogP contribution >= 0.6 is 23.1 Å². The largest absolute Gasteiger partial charge is 0.494 e. The molecule has 1 amide bonds. The summed E-state index contributed by atoms with van der Waals surface area (Å²) in [6.07, 6.45) is 0. The molecule has 6 heteroatoms. The second-order valence-corrected chi connectivity index (χ2v) is 8.09. The Morgan fingerprint density at radius 3 is 2.75 bits per heavy atom. The standard InChI is InChI=1S/C18H18N2O2S2/c1-11(2)23-14-9-5-4-7-12(14)17(21)20-18-19-16-13(22-3)8-6-10-15(16)24-18/h4-11H,1-3H3,(H,19,20,21). The second kappa shape index (κ2) is 7.23. The van der Waals surface area contributed by atoms with Crippen LogP contribution in [0.5, 0.6) is 5.75 Å². The molecule has 124 valence electrons. The van der Waals surface area contributed by atoms with Crippen molar-refractivity contribution in [3.8, 4) is 5.75 Å². The van der Waals surface area contributed by atoms with Crippen LogP contribution in [0.4, 0.5) is 5.13 Å². The van der Waals surface area contributed by atoms with Crippen molar-refractivity contribution < 1.29 is 9.53 Å². The normalized spacial score (nSPS) is 11.0. The van der Waals surface area contributed by atoms with Gasteiger partial charge in [-0.1, -0.05) is 43.4 Å². The first kappa shape index (κ1) is 16.8. The highest BCUT2D eigenvalue weighted by molar-refractivity contribution is 8.00. The number of methoxy groups -OCH3 is 1. The maximum atomic E-state index is 12.7. The van der Waals surface area contributed by atoms with Gasteiger partial charge < -0.3 is 4.74 Å². The molecule has 0 unspecified atom stereocenters. The van der Waals surface area contributed by atoms with Gasteiger partial charge in [-0.2, -0.15) is 0 Å². The van der Waals surface area contributed by atoms with E-state index in [1.165, 1.54) is 11.3 Å². The van der Waals surface area contributed by atoms with Crippen LogP contribution in [0, 0.1) is 0 Å². The maximum absolute atomic E-state index is 12.7. The lowest BCUT2D eigenvalue weighted by atomic mass is 10.2. The SMILES string of the molecule is COc1cccc2sc(NC(=O)c3ccccc3SC(C)C)nc12. The van der Waals surface area contributed by atoms with Crippen molar-refractivity contribution in [2.24, 2.45) is 0 Å². The molecule has 0 aliphatic carbocycles. The first-order valence-electron chi connectivity index (χ1n) is 7.59. The van der Waals surface area contributed by atoms with E-state index in [2.05, 4.69) is 24.1 Å². The Balaban J connectivity index is 1.88. The lowest BCUT2D eigenvalue weighted by Gasteiger charge is -2.10. The summed E-state index contributed by atoms with van der Waals surface area (Å²) < 4.78 is 6.30. The van der Waals surface area contributed by atoms with E-state index < -0.39 is 0 Å². The molecule has 0 atom stereocenters. The number of para-hydroxylation sites is 1.